The molecule has 1 aliphatic heterocycles. The average molecular weight is 380 g/mol. The van der Waals surface area contributed by atoms with Gasteiger partial charge in [0.2, 0.25) is 5.00 Å². The van der Waals surface area contributed by atoms with Crippen LogP contribution in [0.4, 0.5) is 16.5 Å². The van der Waals surface area contributed by atoms with Gasteiger partial charge in [-0.3, -0.25) is 10.1 Å². The van der Waals surface area contributed by atoms with E-state index in [0.29, 0.717) is 16.4 Å². The Bertz CT molecular complexity index is 1060. The fourth-order valence-electron chi connectivity index (χ4n) is 3.18. The van der Waals surface area contributed by atoms with Crippen LogP contribution in [-0.2, 0) is 0 Å². The van der Waals surface area contributed by atoms with Crippen LogP contribution in [0.5, 0.6) is 0 Å². The van der Waals surface area contributed by atoms with Crippen molar-refractivity contribution in [1.82, 2.24) is 15.3 Å². The minimum atomic E-state index is -0.426. The molecule has 1 fully saturated rings. The molecular weight excluding hydrogens is 364 g/mol. The summed E-state index contributed by atoms with van der Waals surface area (Å²) in [4.78, 5) is 26.5. The van der Waals surface area contributed by atoms with Crippen molar-refractivity contribution in [3.63, 3.8) is 0 Å². The molecule has 0 spiro atoms. The molecule has 9 heteroatoms. The summed E-state index contributed by atoms with van der Waals surface area (Å²) in [5.41, 5.74) is 1.66. The smallest absolute Gasteiger partial charge is 0.269 e. The highest BCUT2D eigenvalue weighted by molar-refractivity contribution is 7.22. The molecule has 1 N–H and O–H groups in total. The van der Waals surface area contributed by atoms with Gasteiger partial charge in [0, 0.05) is 49.3 Å². The quantitative estimate of drug-likeness (QED) is 0.425. The summed E-state index contributed by atoms with van der Waals surface area (Å²) in [6, 6.07) is 6.24. The van der Waals surface area contributed by atoms with E-state index in [-0.39, 0.29) is 5.69 Å². The standard InChI is InChI=1S/C18H16N6O2S/c1-11-14-16(23-9-7-20-8-10-23)21-15(22-18(14)27-17(11)19-2)12-3-5-13(6-4-12)24(25)26/h3-6,20H,7-10H2,1H3. The van der Waals surface area contributed by atoms with E-state index >= 15 is 0 Å². The molecule has 136 valence electrons. The van der Waals surface area contributed by atoms with Gasteiger partial charge in [0.1, 0.15) is 10.6 Å². The number of benzene rings is 1. The normalized spacial score (nSPS) is 14.3. The number of hydrogen-bond acceptors (Lipinski definition) is 7. The first-order valence-corrected chi connectivity index (χ1v) is 9.29. The van der Waals surface area contributed by atoms with Gasteiger partial charge in [-0.15, -0.1) is 11.3 Å². The molecule has 0 unspecified atom stereocenters. The Morgan fingerprint density at radius 1 is 1.26 bits per heavy atom. The molecule has 3 aromatic rings. The molecule has 0 saturated carbocycles. The second-order valence-electron chi connectivity index (χ2n) is 6.24. The third kappa shape index (κ3) is 3.09. The van der Waals surface area contributed by atoms with Gasteiger partial charge in [-0.05, 0) is 24.6 Å². The summed E-state index contributed by atoms with van der Waals surface area (Å²) in [7, 11) is 0. The zero-order chi connectivity index (χ0) is 19.0. The van der Waals surface area contributed by atoms with Crippen LogP contribution < -0.4 is 10.2 Å². The summed E-state index contributed by atoms with van der Waals surface area (Å²) < 4.78 is 0. The van der Waals surface area contributed by atoms with E-state index < -0.39 is 4.92 Å². The van der Waals surface area contributed by atoms with Crippen LogP contribution >= 0.6 is 11.3 Å². The molecule has 0 bridgehead atoms. The molecular formula is C18H16N6O2S. The Kier molecular flexibility index (Phi) is 4.43. The van der Waals surface area contributed by atoms with E-state index in [4.69, 9.17) is 11.6 Å². The van der Waals surface area contributed by atoms with Gasteiger partial charge in [-0.2, -0.15) is 0 Å². The van der Waals surface area contributed by atoms with Crippen molar-refractivity contribution in [1.29, 1.82) is 0 Å². The second-order valence-corrected chi connectivity index (χ2v) is 7.21. The number of rotatable bonds is 3. The number of anilines is 1. The largest absolute Gasteiger partial charge is 0.353 e. The van der Waals surface area contributed by atoms with Crippen LogP contribution in [0, 0.1) is 23.6 Å². The first-order valence-electron chi connectivity index (χ1n) is 8.47. The van der Waals surface area contributed by atoms with Gasteiger partial charge in [0.25, 0.3) is 5.69 Å². The lowest BCUT2D eigenvalue weighted by Gasteiger charge is -2.29. The molecule has 0 radical (unpaired) electrons. The number of nitro groups is 1. The zero-order valence-electron chi connectivity index (χ0n) is 14.6. The van der Waals surface area contributed by atoms with E-state index in [9.17, 15) is 10.1 Å². The predicted molar refractivity (Wildman–Crippen MR) is 106 cm³/mol. The van der Waals surface area contributed by atoms with Gasteiger partial charge in [0.05, 0.1) is 11.5 Å². The van der Waals surface area contributed by atoms with E-state index in [2.05, 4.69) is 20.0 Å². The van der Waals surface area contributed by atoms with E-state index in [1.54, 1.807) is 12.1 Å². The highest BCUT2D eigenvalue weighted by Crippen LogP contribution is 2.41. The van der Waals surface area contributed by atoms with Crippen LogP contribution in [0.2, 0.25) is 0 Å². The van der Waals surface area contributed by atoms with Gasteiger partial charge in [-0.1, -0.05) is 0 Å². The number of piperazine rings is 1. The number of aryl methyl sites for hydroxylation is 1. The number of nitro benzene ring substituents is 1. The molecule has 0 aliphatic carbocycles. The van der Waals surface area contributed by atoms with Crippen molar-refractivity contribution >= 4 is 38.1 Å². The van der Waals surface area contributed by atoms with Crippen LogP contribution in [-0.4, -0.2) is 41.1 Å². The molecule has 4 rings (SSSR count). The Morgan fingerprint density at radius 3 is 2.59 bits per heavy atom. The minimum absolute atomic E-state index is 0.0319. The third-order valence-electron chi connectivity index (χ3n) is 4.60. The Balaban J connectivity index is 1.89. The van der Waals surface area contributed by atoms with Crippen LogP contribution in [0.1, 0.15) is 5.56 Å². The maximum Gasteiger partial charge on any atom is 0.269 e. The van der Waals surface area contributed by atoms with Crippen LogP contribution in [0.25, 0.3) is 26.4 Å². The molecule has 2 aromatic heterocycles. The maximum absolute atomic E-state index is 10.9. The molecule has 0 atom stereocenters. The number of non-ortho nitro benzene ring substituents is 1. The molecule has 1 aliphatic rings. The maximum atomic E-state index is 10.9. The zero-order valence-corrected chi connectivity index (χ0v) is 15.4. The molecule has 27 heavy (non-hydrogen) atoms. The first-order chi connectivity index (χ1) is 13.1. The molecule has 8 nitrogen and oxygen atoms in total. The third-order valence-corrected chi connectivity index (χ3v) is 5.68. The molecule has 0 amide bonds. The second kappa shape index (κ2) is 6.90. The van der Waals surface area contributed by atoms with Crippen LogP contribution in [0.3, 0.4) is 0 Å². The van der Waals surface area contributed by atoms with Crippen LogP contribution in [0.15, 0.2) is 24.3 Å². The first kappa shape index (κ1) is 17.3. The van der Waals surface area contributed by atoms with Gasteiger partial charge in [-0.25, -0.2) is 14.8 Å². The number of thiophene rings is 1. The molecule has 1 aromatic carbocycles. The van der Waals surface area contributed by atoms with Crippen molar-refractivity contribution in [2.45, 2.75) is 6.92 Å². The summed E-state index contributed by atoms with van der Waals surface area (Å²) >= 11 is 1.36. The molecule has 1 saturated heterocycles. The van der Waals surface area contributed by atoms with E-state index in [0.717, 1.165) is 47.8 Å². The average Bonchev–Trinajstić information content (AvgIpc) is 3.04. The lowest BCUT2D eigenvalue weighted by molar-refractivity contribution is -0.384. The monoisotopic (exact) mass is 380 g/mol. The number of fused-ring (bicyclic) bond motifs is 1. The van der Waals surface area contributed by atoms with Crippen molar-refractivity contribution in [2.75, 3.05) is 31.1 Å². The topological polar surface area (TPSA) is 88.5 Å². The van der Waals surface area contributed by atoms with Gasteiger partial charge >= 0.3 is 0 Å². The van der Waals surface area contributed by atoms with E-state index in [1.165, 1.54) is 23.5 Å². The number of aromatic nitrogens is 2. The minimum Gasteiger partial charge on any atom is -0.353 e. The lowest BCUT2D eigenvalue weighted by atomic mass is 10.1. The van der Waals surface area contributed by atoms with Gasteiger partial charge in [0.15, 0.2) is 5.82 Å². The van der Waals surface area contributed by atoms with Gasteiger partial charge < -0.3 is 10.2 Å². The number of nitrogens with zero attached hydrogens (tertiary/aromatic N) is 5. The van der Waals surface area contributed by atoms with E-state index in [1.807, 2.05) is 6.92 Å². The Hall–Kier alpha value is -3.09. The summed E-state index contributed by atoms with van der Waals surface area (Å²) in [6.07, 6.45) is 0. The van der Waals surface area contributed by atoms with Crippen molar-refractivity contribution < 1.29 is 4.92 Å². The lowest BCUT2D eigenvalue weighted by Crippen LogP contribution is -2.44. The predicted octanol–water partition coefficient (Wildman–Crippen LogP) is 3.54. The summed E-state index contributed by atoms with van der Waals surface area (Å²) in [5.74, 6) is 1.35. The SMILES string of the molecule is [C-]#[N+]c1sc2nc(-c3ccc([N+](=O)[O-])cc3)nc(N3CCNCC3)c2c1C. The fraction of sp³-hybridized carbons (Fsp3) is 0.278. The number of nitrogens with one attached hydrogen (secondary N) is 1. The van der Waals surface area contributed by atoms with Crippen molar-refractivity contribution in [3.05, 3.63) is 51.4 Å². The summed E-state index contributed by atoms with van der Waals surface area (Å²) in [5, 5.41) is 15.8. The van der Waals surface area contributed by atoms with Crippen molar-refractivity contribution in [3.8, 4) is 11.4 Å². The highest BCUT2D eigenvalue weighted by atomic mass is 32.1. The Morgan fingerprint density at radius 2 is 1.96 bits per heavy atom. The Labute approximate surface area is 159 Å². The van der Waals surface area contributed by atoms with Crippen molar-refractivity contribution in [2.24, 2.45) is 0 Å². The number of hydrogen-bond donors (Lipinski definition) is 1. The fourth-order valence-corrected chi connectivity index (χ4v) is 4.14. The molecule has 3 heterocycles. The highest BCUT2D eigenvalue weighted by Gasteiger charge is 2.22. The summed E-state index contributed by atoms with van der Waals surface area (Å²) in [6.45, 7) is 12.8.